The molecule has 1 fully saturated rings. The first-order valence-corrected chi connectivity index (χ1v) is 10.2. The molecule has 4 rings (SSSR count). The van der Waals surface area contributed by atoms with Gasteiger partial charge in [0.25, 0.3) is 0 Å². The SMILES string of the molecule is CCOc1ccc(N2C(N3CCCC3)=NC(N)=NC2Nc2cccc(Cl)c2)cc1. The van der Waals surface area contributed by atoms with Crippen molar-refractivity contribution in [3.63, 3.8) is 0 Å². The van der Waals surface area contributed by atoms with E-state index in [2.05, 4.69) is 25.1 Å². The first-order chi connectivity index (χ1) is 14.1. The van der Waals surface area contributed by atoms with Gasteiger partial charge in [-0.3, -0.25) is 4.90 Å². The van der Waals surface area contributed by atoms with Crippen LogP contribution in [0.5, 0.6) is 5.75 Å². The number of likely N-dealkylation sites (tertiary alicyclic amines) is 1. The molecular formula is C21H25ClN6O. The Morgan fingerprint density at radius 2 is 1.93 bits per heavy atom. The largest absolute Gasteiger partial charge is 0.494 e. The summed E-state index contributed by atoms with van der Waals surface area (Å²) in [5.74, 6) is 1.89. The normalized spacial score (nSPS) is 19.0. The highest BCUT2D eigenvalue weighted by Crippen LogP contribution is 2.28. The van der Waals surface area contributed by atoms with Crippen molar-refractivity contribution >= 4 is 34.9 Å². The van der Waals surface area contributed by atoms with Gasteiger partial charge in [-0.1, -0.05) is 17.7 Å². The second kappa shape index (κ2) is 8.61. The standard InChI is InChI=1S/C21H25ClN6O/c1-2-29-18-10-8-17(9-11-18)28-20(24-16-7-5-6-15(22)14-16)25-19(23)26-21(28)27-12-3-4-13-27/h5-11,14,20,24H,2-4,12-13H2,1H3,(H2,23,25). The van der Waals surface area contributed by atoms with Crippen molar-refractivity contribution in [2.75, 3.05) is 29.9 Å². The molecule has 0 amide bonds. The lowest BCUT2D eigenvalue weighted by Crippen LogP contribution is -2.54. The van der Waals surface area contributed by atoms with Gasteiger partial charge < -0.3 is 20.7 Å². The Hall–Kier alpha value is -2.93. The van der Waals surface area contributed by atoms with Gasteiger partial charge in [0.05, 0.1) is 6.61 Å². The Bertz CT molecular complexity index is 908. The van der Waals surface area contributed by atoms with E-state index >= 15 is 0 Å². The van der Waals surface area contributed by atoms with E-state index in [4.69, 9.17) is 22.1 Å². The Balaban J connectivity index is 1.69. The van der Waals surface area contributed by atoms with E-state index in [9.17, 15) is 0 Å². The zero-order chi connectivity index (χ0) is 20.2. The van der Waals surface area contributed by atoms with E-state index in [1.807, 2.05) is 55.5 Å². The number of nitrogens with two attached hydrogens (primary N) is 1. The molecule has 1 atom stereocenters. The lowest BCUT2D eigenvalue weighted by Gasteiger charge is -2.38. The number of halogens is 1. The summed E-state index contributed by atoms with van der Waals surface area (Å²) in [5, 5.41) is 4.09. The molecule has 152 valence electrons. The zero-order valence-corrected chi connectivity index (χ0v) is 17.1. The van der Waals surface area contributed by atoms with Crippen LogP contribution >= 0.6 is 11.6 Å². The van der Waals surface area contributed by atoms with Gasteiger partial charge in [0.1, 0.15) is 5.75 Å². The van der Waals surface area contributed by atoms with Crippen LogP contribution in [-0.4, -0.2) is 42.8 Å². The van der Waals surface area contributed by atoms with Gasteiger partial charge in [0.15, 0.2) is 0 Å². The minimum atomic E-state index is -0.445. The third kappa shape index (κ3) is 4.40. The summed E-state index contributed by atoms with van der Waals surface area (Å²) >= 11 is 6.16. The second-order valence-electron chi connectivity index (χ2n) is 6.92. The maximum absolute atomic E-state index is 6.16. The van der Waals surface area contributed by atoms with Gasteiger partial charge in [0, 0.05) is 29.5 Å². The fourth-order valence-electron chi connectivity index (χ4n) is 3.57. The molecule has 2 heterocycles. The number of nitrogens with zero attached hydrogens (tertiary/aromatic N) is 4. The smallest absolute Gasteiger partial charge is 0.222 e. The van der Waals surface area contributed by atoms with Crippen LogP contribution in [0.2, 0.25) is 5.02 Å². The van der Waals surface area contributed by atoms with Crippen molar-refractivity contribution in [2.24, 2.45) is 15.7 Å². The Morgan fingerprint density at radius 3 is 2.62 bits per heavy atom. The van der Waals surface area contributed by atoms with Gasteiger partial charge in [-0.25, -0.2) is 4.99 Å². The maximum Gasteiger partial charge on any atom is 0.222 e. The molecule has 2 aromatic carbocycles. The molecule has 0 aromatic heterocycles. The summed E-state index contributed by atoms with van der Waals surface area (Å²) in [7, 11) is 0. The first kappa shape index (κ1) is 19.4. The highest BCUT2D eigenvalue weighted by molar-refractivity contribution is 6.30. The van der Waals surface area contributed by atoms with Crippen molar-refractivity contribution in [3.8, 4) is 5.75 Å². The van der Waals surface area contributed by atoms with E-state index in [1.165, 1.54) is 0 Å². The molecule has 1 saturated heterocycles. The Labute approximate surface area is 175 Å². The van der Waals surface area contributed by atoms with Crippen LogP contribution in [-0.2, 0) is 0 Å². The quantitative estimate of drug-likeness (QED) is 0.782. The number of hydrogen-bond donors (Lipinski definition) is 2. The predicted octanol–water partition coefficient (Wildman–Crippen LogP) is 3.72. The minimum absolute atomic E-state index is 0.258. The molecule has 0 spiro atoms. The predicted molar refractivity (Wildman–Crippen MR) is 119 cm³/mol. The molecule has 2 aliphatic heterocycles. The summed E-state index contributed by atoms with van der Waals surface area (Å²) in [6.07, 6.45) is 1.83. The molecule has 29 heavy (non-hydrogen) atoms. The van der Waals surface area contributed by atoms with Crippen molar-refractivity contribution in [3.05, 3.63) is 53.6 Å². The topological polar surface area (TPSA) is 78.5 Å². The number of guanidine groups is 2. The number of hydrogen-bond acceptors (Lipinski definition) is 7. The molecule has 8 heteroatoms. The van der Waals surface area contributed by atoms with E-state index < -0.39 is 6.29 Å². The highest BCUT2D eigenvalue weighted by atomic mass is 35.5. The molecule has 7 nitrogen and oxygen atoms in total. The van der Waals surface area contributed by atoms with Crippen molar-refractivity contribution in [2.45, 2.75) is 26.1 Å². The van der Waals surface area contributed by atoms with Gasteiger partial charge in [0.2, 0.25) is 18.2 Å². The lowest BCUT2D eigenvalue weighted by atomic mass is 10.2. The van der Waals surface area contributed by atoms with Crippen LogP contribution in [0.4, 0.5) is 11.4 Å². The van der Waals surface area contributed by atoms with Crippen LogP contribution < -0.4 is 20.7 Å². The molecule has 1 unspecified atom stereocenters. The molecule has 0 aliphatic carbocycles. The molecule has 3 N–H and O–H groups in total. The monoisotopic (exact) mass is 412 g/mol. The van der Waals surface area contributed by atoms with E-state index in [0.29, 0.717) is 11.6 Å². The number of ether oxygens (including phenoxy) is 1. The summed E-state index contributed by atoms with van der Waals surface area (Å²) in [6, 6.07) is 15.5. The molecule has 0 bridgehead atoms. The second-order valence-corrected chi connectivity index (χ2v) is 7.35. The third-order valence-electron chi connectivity index (χ3n) is 4.86. The molecular weight excluding hydrogens is 388 g/mol. The van der Waals surface area contributed by atoms with Crippen LogP contribution in [0.3, 0.4) is 0 Å². The Kier molecular flexibility index (Phi) is 5.76. The zero-order valence-electron chi connectivity index (χ0n) is 16.4. The van der Waals surface area contributed by atoms with Crippen LogP contribution in [0.15, 0.2) is 58.5 Å². The van der Waals surface area contributed by atoms with Gasteiger partial charge in [-0.15, -0.1) is 0 Å². The fourth-order valence-corrected chi connectivity index (χ4v) is 3.76. The van der Waals surface area contributed by atoms with E-state index in [0.717, 1.165) is 49.0 Å². The Morgan fingerprint density at radius 1 is 1.17 bits per heavy atom. The number of anilines is 2. The summed E-state index contributed by atoms with van der Waals surface area (Å²) < 4.78 is 5.59. The van der Waals surface area contributed by atoms with Crippen molar-refractivity contribution in [1.29, 1.82) is 0 Å². The van der Waals surface area contributed by atoms with Crippen LogP contribution in [0, 0.1) is 0 Å². The molecule has 0 saturated carbocycles. The molecule has 2 aliphatic rings. The van der Waals surface area contributed by atoms with Crippen LogP contribution in [0.25, 0.3) is 0 Å². The average molecular weight is 413 g/mol. The number of rotatable bonds is 5. The number of aliphatic imine (C=N–C) groups is 2. The number of benzene rings is 2. The summed E-state index contributed by atoms with van der Waals surface area (Å²) in [4.78, 5) is 13.5. The van der Waals surface area contributed by atoms with Gasteiger partial charge in [-0.05, 0) is 62.2 Å². The first-order valence-electron chi connectivity index (χ1n) is 9.85. The van der Waals surface area contributed by atoms with E-state index in [1.54, 1.807) is 0 Å². The lowest BCUT2D eigenvalue weighted by molar-refractivity contribution is 0.340. The summed E-state index contributed by atoms with van der Waals surface area (Å²) in [5.41, 5.74) is 7.91. The van der Waals surface area contributed by atoms with Gasteiger partial charge >= 0.3 is 0 Å². The fraction of sp³-hybridized carbons (Fsp3) is 0.333. The van der Waals surface area contributed by atoms with E-state index in [-0.39, 0.29) is 5.96 Å². The van der Waals surface area contributed by atoms with Gasteiger partial charge in [-0.2, -0.15) is 4.99 Å². The van der Waals surface area contributed by atoms with Crippen LogP contribution in [0.1, 0.15) is 19.8 Å². The highest BCUT2D eigenvalue weighted by Gasteiger charge is 2.32. The molecule has 2 aromatic rings. The molecule has 0 radical (unpaired) electrons. The van der Waals surface area contributed by atoms with Crippen molar-refractivity contribution < 1.29 is 4.74 Å². The maximum atomic E-state index is 6.16. The third-order valence-corrected chi connectivity index (χ3v) is 5.10. The average Bonchev–Trinajstić information content (AvgIpc) is 3.23. The van der Waals surface area contributed by atoms with Crippen molar-refractivity contribution in [1.82, 2.24) is 4.90 Å². The minimum Gasteiger partial charge on any atom is -0.494 e. The summed E-state index contributed by atoms with van der Waals surface area (Å²) in [6.45, 7) is 4.50. The number of nitrogens with one attached hydrogen (secondary N) is 1.